The third kappa shape index (κ3) is 8.01. The van der Waals surface area contributed by atoms with E-state index in [0.29, 0.717) is 17.6 Å². The van der Waals surface area contributed by atoms with Gasteiger partial charge in [-0.3, -0.25) is 9.59 Å². The summed E-state index contributed by atoms with van der Waals surface area (Å²) in [6, 6.07) is 9.87. The van der Waals surface area contributed by atoms with Crippen molar-refractivity contribution in [3.05, 3.63) is 53.1 Å². The van der Waals surface area contributed by atoms with Gasteiger partial charge in [0.15, 0.2) is 6.29 Å². The summed E-state index contributed by atoms with van der Waals surface area (Å²) >= 11 is 0. The molecule has 2 aromatic rings. The van der Waals surface area contributed by atoms with Crippen molar-refractivity contribution in [3.8, 4) is 17.2 Å². The summed E-state index contributed by atoms with van der Waals surface area (Å²) in [4.78, 5) is 20.6. The third-order valence-electron chi connectivity index (χ3n) is 2.97. The Balaban J connectivity index is -0.000000346. The second-order valence-electron chi connectivity index (χ2n) is 4.38. The monoisotopic (exact) mass is 350 g/mol. The average molecular weight is 350 g/mol. The molecule has 0 fully saturated rings. The molecule has 0 aliphatic rings. The summed E-state index contributed by atoms with van der Waals surface area (Å²) < 4.78 is 9.80. The predicted molar refractivity (Wildman–Crippen MR) is 103 cm³/mol. The first kappa shape index (κ1) is 27.0. The van der Waals surface area contributed by atoms with E-state index in [1.807, 2.05) is 13.0 Å². The van der Waals surface area contributed by atoms with Crippen LogP contribution in [-0.4, -0.2) is 31.9 Å². The molecule has 0 aliphatic heterocycles. The molecule has 0 saturated carbocycles. The molecule has 0 bridgehead atoms. The minimum atomic E-state index is -0.0562. The fraction of sp³-hybridized carbons (Fsp3) is 0.300. The summed E-state index contributed by atoms with van der Waals surface area (Å²) in [5.74, 6) is 1.26. The number of aldehydes is 2. The fourth-order valence-electron chi connectivity index (χ4n) is 1.66. The number of hydrogen-bond donors (Lipinski definition) is 1. The van der Waals surface area contributed by atoms with Crippen LogP contribution in [0.3, 0.4) is 0 Å². The van der Waals surface area contributed by atoms with E-state index in [2.05, 4.69) is 0 Å². The van der Waals surface area contributed by atoms with Crippen LogP contribution < -0.4 is 9.47 Å². The highest BCUT2D eigenvalue weighted by Gasteiger charge is 2.00. The maximum atomic E-state index is 10.4. The molecule has 0 heterocycles. The van der Waals surface area contributed by atoms with Crippen LogP contribution in [0.5, 0.6) is 17.2 Å². The molecule has 0 aromatic heterocycles. The van der Waals surface area contributed by atoms with E-state index in [-0.39, 0.29) is 33.6 Å². The first-order chi connectivity index (χ1) is 10.5. The van der Waals surface area contributed by atoms with Crippen LogP contribution in [-0.2, 0) is 0 Å². The molecule has 0 radical (unpaired) electrons. The lowest BCUT2D eigenvalue weighted by Gasteiger charge is -2.01. The number of phenols is 1. The molecule has 1 N–H and O–H groups in total. The number of carbonyl (C=O) groups excluding carboxylic acids is 2. The number of rotatable bonds is 4. The summed E-state index contributed by atoms with van der Waals surface area (Å²) in [7, 11) is 3.10. The SMILES string of the molecule is C.C.C.COc1ccc(C=O)c(C)c1.COc1ccc(C=O)c(O)c1. The zero-order valence-electron chi connectivity index (χ0n) is 12.7. The van der Waals surface area contributed by atoms with Crippen LogP contribution in [0, 0.1) is 6.92 Å². The number of hydrogen-bond acceptors (Lipinski definition) is 5. The summed E-state index contributed by atoms with van der Waals surface area (Å²) in [6.07, 6.45) is 1.43. The van der Waals surface area contributed by atoms with E-state index >= 15 is 0 Å². The van der Waals surface area contributed by atoms with Crippen LogP contribution >= 0.6 is 0 Å². The Hall–Kier alpha value is -2.82. The Kier molecular flexibility index (Phi) is 14.7. The summed E-state index contributed by atoms with van der Waals surface area (Å²) in [5, 5.41) is 9.11. The van der Waals surface area contributed by atoms with Crippen molar-refractivity contribution >= 4 is 12.6 Å². The molecule has 5 nitrogen and oxygen atoms in total. The van der Waals surface area contributed by atoms with Crippen molar-refractivity contribution in [2.24, 2.45) is 0 Å². The molecule has 2 aromatic carbocycles. The number of aromatic hydroxyl groups is 1. The normalized spacial score (nSPS) is 8.12. The molecule has 0 aliphatic carbocycles. The average Bonchev–Trinajstić information content (AvgIpc) is 2.55. The first-order valence-corrected chi connectivity index (χ1v) is 6.47. The van der Waals surface area contributed by atoms with Gasteiger partial charge in [0.2, 0.25) is 0 Å². The maximum Gasteiger partial charge on any atom is 0.153 e. The Bertz CT molecular complexity index is 593. The zero-order chi connectivity index (χ0) is 16.5. The van der Waals surface area contributed by atoms with E-state index < -0.39 is 0 Å². The van der Waals surface area contributed by atoms with Crippen LogP contribution in [0.2, 0.25) is 0 Å². The molecule has 0 amide bonds. The number of benzene rings is 2. The van der Waals surface area contributed by atoms with Gasteiger partial charge in [0.05, 0.1) is 19.8 Å². The lowest BCUT2D eigenvalue weighted by Crippen LogP contribution is -1.88. The van der Waals surface area contributed by atoms with Gasteiger partial charge in [-0.05, 0) is 42.8 Å². The van der Waals surface area contributed by atoms with Crippen LogP contribution in [0.15, 0.2) is 36.4 Å². The van der Waals surface area contributed by atoms with Gasteiger partial charge >= 0.3 is 0 Å². The lowest BCUT2D eigenvalue weighted by molar-refractivity contribution is 0.111. The van der Waals surface area contributed by atoms with Gasteiger partial charge in [0, 0.05) is 11.6 Å². The number of methoxy groups -OCH3 is 2. The number of carbonyl (C=O) groups is 2. The predicted octanol–water partition coefficient (Wildman–Crippen LogP) is 4.94. The Morgan fingerprint density at radius 2 is 1.24 bits per heavy atom. The van der Waals surface area contributed by atoms with Crippen LogP contribution in [0.25, 0.3) is 0 Å². The first-order valence-electron chi connectivity index (χ1n) is 6.47. The van der Waals surface area contributed by atoms with Gasteiger partial charge in [-0.1, -0.05) is 22.3 Å². The molecule has 0 atom stereocenters. The standard InChI is InChI=1S/C9H10O2.C8H8O3.3CH4/c1-7-5-9(11-2)4-3-8(7)6-10;1-11-7-3-2-6(5-9)8(10)4-7;;;/h3-6H,1-2H3;2-5,10H,1H3;3*1H4. The molecular weight excluding hydrogens is 320 g/mol. The maximum absolute atomic E-state index is 10.4. The lowest BCUT2D eigenvalue weighted by atomic mass is 10.1. The second-order valence-corrected chi connectivity index (χ2v) is 4.38. The molecular formula is C20H30O5. The second kappa shape index (κ2) is 13.6. The molecule has 25 heavy (non-hydrogen) atoms. The van der Waals surface area contributed by atoms with Crippen molar-refractivity contribution in [2.45, 2.75) is 29.2 Å². The van der Waals surface area contributed by atoms with Crippen molar-refractivity contribution in [2.75, 3.05) is 14.2 Å². The highest BCUT2D eigenvalue weighted by Crippen LogP contribution is 2.21. The summed E-state index contributed by atoms with van der Waals surface area (Å²) in [5.41, 5.74) is 1.93. The van der Waals surface area contributed by atoms with E-state index in [1.54, 1.807) is 25.3 Å². The van der Waals surface area contributed by atoms with Crippen LogP contribution in [0.4, 0.5) is 0 Å². The van der Waals surface area contributed by atoms with Crippen molar-refractivity contribution in [1.29, 1.82) is 0 Å². The van der Waals surface area contributed by atoms with Crippen molar-refractivity contribution in [1.82, 2.24) is 0 Å². The molecule has 0 saturated heterocycles. The van der Waals surface area contributed by atoms with Gasteiger partial charge in [-0.15, -0.1) is 0 Å². The molecule has 5 heteroatoms. The Morgan fingerprint density at radius 3 is 1.60 bits per heavy atom. The number of phenolic OH excluding ortho intramolecular Hbond substituents is 1. The highest BCUT2D eigenvalue weighted by atomic mass is 16.5. The number of ether oxygens (including phenoxy) is 2. The van der Waals surface area contributed by atoms with Gasteiger partial charge in [-0.2, -0.15) is 0 Å². The largest absolute Gasteiger partial charge is 0.507 e. The molecule has 0 spiro atoms. The molecule has 140 valence electrons. The minimum Gasteiger partial charge on any atom is -0.507 e. The minimum absolute atomic E-state index is 0. The highest BCUT2D eigenvalue weighted by molar-refractivity contribution is 5.79. The van der Waals surface area contributed by atoms with E-state index in [0.717, 1.165) is 17.6 Å². The smallest absolute Gasteiger partial charge is 0.153 e. The third-order valence-corrected chi connectivity index (χ3v) is 2.97. The topological polar surface area (TPSA) is 72.8 Å². The summed E-state index contributed by atoms with van der Waals surface area (Å²) in [6.45, 7) is 1.88. The van der Waals surface area contributed by atoms with Gasteiger partial charge in [0.25, 0.3) is 0 Å². The van der Waals surface area contributed by atoms with E-state index in [1.165, 1.54) is 19.2 Å². The molecule has 0 unspecified atom stereocenters. The quantitative estimate of drug-likeness (QED) is 0.791. The fourth-order valence-corrected chi connectivity index (χ4v) is 1.66. The zero-order valence-corrected chi connectivity index (χ0v) is 12.7. The van der Waals surface area contributed by atoms with Crippen molar-refractivity contribution < 1.29 is 24.2 Å². The van der Waals surface area contributed by atoms with Crippen LogP contribution in [0.1, 0.15) is 48.6 Å². The number of aryl methyl sites for hydroxylation is 1. The van der Waals surface area contributed by atoms with E-state index in [4.69, 9.17) is 14.6 Å². The van der Waals surface area contributed by atoms with Crippen molar-refractivity contribution in [3.63, 3.8) is 0 Å². The van der Waals surface area contributed by atoms with Gasteiger partial charge in [0.1, 0.15) is 23.5 Å². The molecule has 2 rings (SSSR count). The van der Waals surface area contributed by atoms with E-state index in [9.17, 15) is 9.59 Å². The van der Waals surface area contributed by atoms with Gasteiger partial charge < -0.3 is 14.6 Å². The Labute approximate surface area is 151 Å². The van der Waals surface area contributed by atoms with Gasteiger partial charge in [-0.25, -0.2) is 0 Å². The Morgan fingerprint density at radius 1 is 0.800 bits per heavy atom.